The Morgan fingerprint density at radius 3 is 2.43 bits per heavy atom. The van der Waals surface area contributed by atoms with Gasteiger partial charge in [0, 0.05) is 25.2 Å². The number of ether oxygens (including phenoxy) is 1. The van der Waals surface area contributed by atoms with Crippen molar-refractivity contribution >= 4 is 17.4 Å². The summed E-state index contributed by atoms with van der Waals surface area (Å²) in [6, 6.07) is 6.32. The Labute approximate surface area is 123 Å². The minimum Gasteiger partial charge on any atom is -0.444 e. The Bertz CT molecular complexity index is 585. The molecule has 0 aliphatic carbocycles. The van der Waals surface area contributed by atoms with Crippen molar-refractivity contribution in [2.75, 3.05) is 13.1 Å². The van der Waals surface area contributed by atoms with Gasteiger partial charge in [-0.2, -0.15) is 0 Å². The van der Waals surface area contributed by atoms with Crippen molar-refractivity contribution in [2.24, 2.45) is 0 Å². The van der Waals surface area contributed by atoms with E-state index in [0.29, 0.717) is 13.1 Å². The fraction of sp³-hybridized carbons (Fsp3) is 0.400. The molecule has 0 saturated carbocycles. The van der Waals surface area contributed by atoms with E-state index in [1.54, 1.807) is 17.0 Å². The van der Waals surface area contributed by atoms with Crippen LogP contribution >= 0.6 is 0 Å². The molecule has 1 amide bonds. The van der Waals surface area contributed by atoms with Crippen LogP contribution in [0.15, 0.2) is 30.3 Å². The molecule has 0 atom stereocenters. The van der Waals surface area contributed by atoms with Crippen molar-refractivity contribution in [3.05, 3.63) is 46.0 Å². The molecule has 0 aromatic heterocycles. The van der Waals surface area contributed by atoms with Crippen LogP contribution in [0.1, 0.15) is 26.3 Å². The van der Waals surface area contributed by atoms with Gasteiger partial charge in [0.25, 0.3) is 5.69 Å². The largest absolute Gasteiger partial charge is 0.444 e. The second kappa shape index (κ2) is 5.55. The highest BCUT2D eigenvalue weighted by Gasteiger charge is 2.25. The molecule has 1 aliphatic rings. The molecule has 0 saturated heterocycles. The van der Waals surface area contributed by atoms with Crippen LogP contribution in [-0.2, 0) is 4.74 Å². The van der Waals surface area contributed by atoms with Gasteiger partial charge in [0.2, 0.25) is 0 Å². The monoisotopic (exact) mass is 290 g/mol. The zero-order valence-corrected chi connectivity index (χ0v) is 12.3. The smallest absolute Gasteiger partial charge is 0.410 e. The number of nitro benzene ring substituents is 1. The Morgan fingerprint density at radius 2 is 1.90 bits per heavy atom. The third-order valence-corrected chi connectivity index (χ3v) is 3.02. The summed E-state index contributed by atoms with van der Waals surface area (Å²) in [5.74, 6) is 0. The van der Waals surface area contributed by atoms with Crippen molar-refractivity contribution < 1.29 is 14.5 Å². The number of nitro groups is 1. The number of amides is 1. The number of non-ortho nitro benzene ring substituents is 1. The lowest BCUT2D eigenvalue weighted by molar-refractivity contribution is -0.384. The van der Waals surface area contributed by atoms with E-state index >= 15 is 0 Å². The summed E-state index contributed by atoms with van der Waals surface area (Å²) in [6.45, 7) is 6.41. The van der Waals surface area contributed by atoms with E-state index in [2.05, 4.69) is 0 Å². The van der Waals surface area contributed by atoms with Gasteiger partial charge < -0.3 is 9.64 Å². The minimum absolute atomic E-state index is 0.0568. The third-order valence-electron chi connectivity index (χ3n) is 3.02. The van der Waals surface area contributed by atoms with Crippen LogP contribution in [0.3, 0.4) is 0 Å². The Kier molecular flexibility index (Phi) is 3.97. The van der Waals surface area contributed by atoms with E-state index in [-0.39, 0.29) is 11.8 Å². The molecule has 1 aromatic rings. The van der Waals surface area contributed by atoms with Crippen LogP contribution in [0.25, 0.3) is 5.57 Å². The summed E-state index contributed by atoms with van der Waals surface area (Å²) in [5, 5.41) is 10.6. The van der Waals surface area contributed by atoms with Crippen molar-refractivity contribution in [1.29, 1.82) is 0 Å². The molecule has 112 valence electrons. The van der Waals surface area contributed by atoms with Crippen LogP contribution in [0, 0.1) is 10.1 Å². The number of hydrogen-bond acceptors (Lipinski definition) is 4. The maximum absolute atomic E-state index is 12.0. The maximum Gasteiger partial charge on any atom is 0.410 e. The second-order valence-electron chi connectivity index (χ2n) is 5.89. The van der Waals surface area contributed by atoms with Gasteiger partial charge in [-0.25, -0.2) is 4.79 Å². The molecule has 0 N–H and O–H groups in total. The number of carbonyl (C=O) groups is 1. The minimum atomic E-state index is -0.521. The van der Waals surface area contributed by atoms with Crippen LogP contribution in [0.2, 0.25) is 0 Å². The summed E-state index contributed by atoms with van der Waals surface area (Å²) in [6.07, 6.45) is 1.58. The van der Waals surface area contributed by atoms with Gasteiger partial charge in [-0.1, -0.05) is 6.08 Å². The molecule has 6 heteroatoms. The molecule has 1 heterocycles. The van der Waals surface area contributed by atoms with Crippen LogP contribution < -0.4 is 0 Å². The normalized spacial score (nSPS) is 14.8. The average molecular weight is 290 g/mol. The van der Waals surface area contributed by atoms with E-state index in [0.717, 1.165) is 11.1 Å². The summed E-state index contributed by atoms with van der Waals surface area (Å²) < 4.78 is 5.32. The summed E-state index contributed by atoms with van der Waals surface area (Å²) in [5.41, 5.74) is 1.39. The van der Waals surface area contributed by atoms with Gasteiger partial charge in [0.05, 0.1) is 4.92 Å². The third kappa shape index (κ3) is 3.81. The molecular weight excluding hydrogens is 272 g/mol. The van der Waals surface area contributed by atoms with E-state index in [1.165, 1.54) is 12.1 Å². The number of hydrogen-bond donors (Lipinski definition) is 0. The first-order valence-electron chi connectivity index (χ1n) is 6.68. The fourth-order valence-electron chi connectivity index (χ4n) is 2.03. The van der Waals surface area contributed by atoms with Gasteiger partial charge in [-0.3, -0.25) is 10.1 Å². The zero-order valence-electron chi connectivity index (χ0n) is 12.3. The Morgan fingerprint density at radius 1 is 1.29 bits per heavy atom. The summed E-state index contributed by atoms with van der Waals surface area (Å²) in [4.78, 5) is 23.8. The Balaban J connectivity index is 2.01. The number of nitrogens with zero attached hydrogens (tertiary/aromatic N) is 2. The highest BCUT2D eigenvalue weighted by Crippen LogP contribution is 2.24. The highest BCUT2D eigenvalue weighted by molar-refractivity contribution is 5.77. The van der Waals surface area contributed by atoms with Crippen molar-refractivity contribution in [3.8, 4) is 0 Å². The molecule has 0 fully saturated rings. The predicted octanol–water partition coefficient (Wildman–Crippen LogP) is 3.23. The molecule has 0 bridgehead atoms. The van der Waals surface area contributed by atoms with Crippen molar-refractivity contribution in [3.63, 3.8) is 0 Å². The zero-order chi connectivity index (χ0) is 15.6. The number of carbonyl (C=O) groups excluding carboxylic acids is 1. The highest BCUT2D eigenvalue weighted by atomic mass is 16.6. The van der Waals surface area contributed by atoms with Gasteiger partial charge in [-0.15, -0.1) is 0 Å². The number of rotatable bonds is 2. The quantitative estimate of drug-likeness (QED) is 0.619. The molecule has 2 rings (SSSR count). The molecule has 1 aliphatic heterocycles. The maximum atomic E-state index is 12.0. The fourth-order valence-corrected chi connectivity index (χ4v) is 2.03. The summed E-state index contributed by atoms with van der Waals surface area (Å²) >= 11 is 0. The van der Waals surface area contributed by atoms with E-state index in [4.69, 9.17) is 4.74 Å². The Hall–Kier alpha value is -2.37. The predicted molar refractivity (Wildman–Crippen MR) is 78.9 cm³/mol. The standard InChI is InChI=1S/C15H18N2O4/c1-15(2,3)21-14(18)16-9-8-12(10-16)11-4-6-13(7-5-11)17(19)20/h4-8H,9-10H2,1-3H3. The molecule has 6 nitrogen and oxygen atoms in total. The lowest BCUT2D eigenvalue weighted by Crippen LogP contribution is -2.35. The molecule has 1 aromatic carbocycles. The molecule has 0 unspecified atom stereocenters. The van der Waals surface area contributed by atoms with Gasteiger partial charge in [0.1, 0.15) is 5.60 Å². The van der Waals surface area contributed by atoms with E-state index in [9.17, 15) is 14.9 Å². The molecule has 0 radical (unpaired) electrons. The van der Waals surface area contributed by atoms with Gasteiger partial charge in [0.15, 0.2) is 0 Å². The molecular formula is C15H18N2O4. The molecule has 0 spiro atoms. The van der Waals surface area contributed by atoms with E-state index in [1.807, 2.05) is 26.8 Å². The average Bonchev–Trinajstić information content (AvgIpc) is 2.86. The lowest BCUT2D eigenvalue weighted by Gasteiger charge is -2.24. The first-order chi connectivity index (χ1) is 9.76. The first kappa shape index (κ1) is 15.0. The lowest BCUT2D eigenvalue weighted by atomic mass is 10.1. The van der Waals surface area contributed by atoms with Crippen LogP contribution in [-0.4, -0.2) is 34.6 Å². The van der Waals surface area contributed by atoms with Crippen LogP contribution in [0.5, 0.6) is 0 Å². The van der Waals surface area contributed by atoms with Gasteiger partial charge in [-0.05, 0) is 44.0 Å². The van der Waals surface area contributed by atoms with Gasteiger partial charge >= 0.3 is 6.09 Å². The topological polar surface area (TPSA) is 72.7 Å². The van der Waals surface area contributed by atoms with Crippen molar-refractivity contribution in [1.82, 2.24) is 4.90 Å². The number of benzene rings is 1. The van der Waals surface area contributed by atoms with Crippen LogP contribution in [0.4, 0.5) is 10.5 Å². The summed E-state index contributed by atoms with van der Waals surface area (Å²) in [7, 11) is 0. The molecule has 21 heavy (non-hydrogen) atoms. The first-order valence-corrected chi connectivity index (χ1v) is 6.68. The second-order valence-corrected chi connectivity index (χ2v) is 5.89. The van der Waals surface area contributed by atoms with E-state index < -0.39 is 10.5 Å². The SMILES string of the molecule is CC(C)(C)OC(=O)N1CC=C(c2ccc([N+](=O)[O-])cc2)C1. The van der Waals surface area contributed by atoms with Crippen molar-refractivity contribution in [2.45, 2.75) is 26.4 Å².